The molecule has 0 spiro atoms. The van der Waals surface area contributed by atoms with Crippen molar-refractivity contribution in [1.29, 1.82) is 0 Å². The summed E-state index contributed by atoms with van der Waals surface area (Å²) in [5.74, 6) is -1.08. The van der Waals surface area contributed by atoms with Crippen molar-refractivity contribution in [2.24, 2.45) is 0 Å². The maximum atomic E-state index is 12.2. The molecule has 0 radical (unpaired) electrons. The summed E-state index contributed by atoms with van der Waals surface area (Å²) in [7, 11) is 0. The molecule has 0 saturated carbocycles. The van der Waals surface area contributed by atoms with Gasteiger partial charge in [0.15, 0.2) is 6.61 Å². The van der Waals surface area contributed by atoms with Crippen molar-refractivity contribution in [3.8, 4) is 0 Å². The predicted octanol–water partition coefficient (Wildman–Crippen LogP) is 2.26. The van der Waals surface area contributed by atoms with E-state index < -0.39 is 36.1 Å². The van der Waals surface area contributed by atoms with Gasteiger partial charge in [0.1, 0.15) is 11.6 Å². The number of hydrogen-bond donors (Lipinski definition) is 0. The lowest BCUT2D eigenvalue weighted by Gasteiger charge is -2.27. The van der Waals surface area contributed by atoms with Gasteiger partial charge in [-0.3, -0.25) is 9.69 Å². The van der Waals surface area contributed by atoms with Crippen LogP contribution < -0.4 is 0 Å². The highest BCUT2D eigenvalue weighted by atomic mass is 35.5. The van der Waals surface area contributed by atoms with E-state index in [1.165, 1.54) is 17.3 Å². The van der Waals surface area contributed by atoms with Crippen LogP contribution in [0, 0.1) is 0 Å². The Kier molecular flexibility index (Phi) is 5.94. The average Bonchev–Trinajstić information content (AvgIpc) is 3.01. The molecule has 1 aliphatic rings. The summed E-state index contributed by atoms with van der Waals surface area (Å²) in [6.45, 7) is 5.21. The number of amides is 1. The van der Waals surface area contributed by atoms with Crippen LogP contribution in [0.4, 0.5) is 4.79 Å². The molecule has 0 bridgehead atoms. The third-order valence-corrected chi connectivity index (χ3v) is 3.64. The number of rotatable bonds is 4. The molecule has 2 heterocycles. The average molecular weight is 370 g/mol. The Morgan fingerprint density at radius 3 is 2.52 bits per heavy atom. The minimum absolute atomic E-state index is 0.0208. The molecule has 9 heteroatoms. The Morgan fingerprint density at radius 2 is 1.92 bits per heavy atom. The van der Waals surface area contributed by atoms with E-state index in [1.807, 2.05) is 0 Å². The molecule has 1 aliphatic heterocycles. The fraction of sp³-hybridized carbons (Fsp3) is 0.562. The Morgan fingerprint density at radius 1 is 1.28 bits per heavy atom. The molecule has 1 saturated heterocycles. The highest BCUT2D eigenvalue weighted by Crippen LogP contribution is 2.21. The molecular formula is C16H20ClN3O5. The van der Waals surface area contributed by atoms with Crippen LogP contribution >= 0.6 is 11.6 Å². The van der Waals surface area contributed by atoms with Crippen LogP contribution in [0.3, 0.4) is 0 Å². The maximum Gasteiger partial charge on any atom is 0.411 e. The molecule has 2 rings (SSSR count). The van der Waals surface area contributed by atoms with Gasteiger partial charge in [0.2, 0.25) is 11.1 Å². The van der Waals surface area contributed by atoms with Crippen LogP contribution in [-0.2, 0) is 14.3 Å². The zero-order valence-corrected chi connectivity index (χ0v) is 15.1. The molecular weight excluding hydrogens is 350 g/mol. The summed E-state index contributed by atoms with van der Waals surface area (Å²) in [5.41, 5.74) is -0.466. The molecule has 0 N–H and O–H groups in total. The molecule has 1 atom stereocenters. The summed E-state index contributed by atoms with van der Waals surface area (Å²) < 4.78 is 10.3. The predicted molar refractivity (Wildman–Crippen MR) is 88.3 cm³/mol. The van der Waals surface area contributed by atoms with Gasteiger partial charge in [-0.05, 0) is 45.2 Å². The van der Waals surface area contributed by atoms with Crippen LogP contribution in [0.2, 0.25) is 5.28 Å². The number of esters is 1. The number of halogens is 1. The number of hydrogen-bond acceptors (Lipinski definition) is 7. The number of ketones is 1. The fourth-order valence-corrected chi connectivity index (χ4v) is 2.42. The van der Waals surface area contributed by atoms with E-state index in [4.69, 9.17) is 21.1 Å². The second kappa shape index (κ2) is 7.77. The first-order valence-electron chi connectivity index (χ1n) is 7.84. The Hall–Kier alpha value is -2.22. The standard InChI is InChI=1S/C16H20ClN3O5/c1-16(2,3)25-15(23)20-6-4-5-11(20)13(22)24-9-12(21)10-7-18-14(17)19-8-10/h7-8,11H,4-6,9H2,1-3H3. The third-order valence-electron chi connectivity index (χ3n) is 3.44. The van der Waals surface area contributed by atoms with Gasteiger partial charge in [-0.2, -0.15) is 0 Å². The van der Waals surface area contributed by atoms with E-state index in [2.05, 4.69) is 9.97 Å². The van der Waals surface area contributed by atoms with Crippen molar-refractivity contribution in [1.82, 2.24) is 14.9 Å². The molecule has 1 fully saturated rings. The molecule has 0 aromatic carbocycles. The van der Waals surface area contributed by atoms with Crippen LogP contribution in [0.1, 0.15) is 44.0 Å². The highest BCUT2D eigenvalue weighted by Gasteiger charge is 2.37. The van der Waals surface area contributed by atoms with Gasteiger partial charge in [0.05, 0.1) is 5.56 Å². The van der Waals surface area contributed by atoms with E-state index in [1.54, 1.807) is 20.8 Å². The summed E-state index contributed by atoms with van der Waals surface area (Å²) in [5, 5.41) is 0.0208. The number of carbonyl (C=O) groups excluding carboxylic acids is 3. The van der Waals surface area contributed by atoms with Gasteiger partial charge in [-0.15, -0.1) is 0 Å². The number of ether oxygens (including phenoxy) is 2. The van der Waals surface area contributed by atoms with Crippen LogP contribution in [0.5, 0.6) is 0 Å². The number of nitrogens with zero attached hydrogens (tertiary/aromatic N) is 3. The summed E-state index contributed by atoms with van der Waals surface area (Å²) >= 11 is 5.55. The SMILES string of the molecule is CC(C)(C)OC(=O)N1CCCC1C(=O)OCC(=O)c1cnc(Cl)nc1. The van der Waals surface area contributed by atoms with Gasteiger partial charge in [0.25, 0.3) is 0 Å². The van der Waals surface area contributed by atoms with Crippen molar-refractivity contribution >= 4 is 29.4 Å². The second-order valence-electron chi connectivity index (χ2n) is 6.60. The second-order valence-corrected chi connectivity index (χ2v) is 6.94. The quantitative estimate of drug-likeness (QED) is 0.456. The van der Waals surface area contributed by atoms with Gasteiger partial charge in [-0.1, -0.05) is 0 Å². The van der Waals surface area contributed by atoms with Crippen LogP contribution in [0.15, 0.2) is 12.4 Å². The topological polar surface area (TPSA) is 98.7 Å². The first-order chi connectivity index (χ1) is 11.7. The zero-order chi connectivity index (χ0) is 18.6. The monoisotopic (exact) mass is 369 g/mol. The molecule has 1 aromatic rings. The lowest BCUT2D eigenvalue weighted by atomic mass is 10.2. The van der Waals surface area contributed by atoms with E-state index >= 15 is 0 Å². The molecule has 1 aromatic heterocycles. The van der Waals surface area contributed by atoms with Gasteiger partial charge in [-0.25, -0.2) is 19.6 Å². The summed E-state index contributed by atoms with van der Waals surface area (Å²) in [6.07, 6.45) is 3.08. The van der Waals surface area contributed by atoms with Crippen molar-refractivity contribution in [2.45, 2.75) is 45.3 Å². The maximum absolute atomic E-state index is 12.2. The molecule has 0 aliphatic carbocycles. The van der Waals surface area contributed by atoms with Crippen LogP contribution in [0.25, 0.3) is 0 Å². The highest BCUT2D eigenvalue weighted by molar-refractivity contribution is 6.28. The van der Waals surface area contributed by atoms with E-state index in [0.717, 1.165) is 0 Å². The van der Waals surface area contributed by atoms with Crippen molar-refractivity contribution in [3.05, 3.63) is 23.2 Å². The Labute approximate surface area is 150 Å². The van der Waals surface area contributed by atoms with E-state index in [0.29, 0.717) is 19.4 Å². The lowest BCUT2D eigenvalue weighted by molar-refractivity contribution is -0.147. The van der Waals surface area contributed by atoms with Crippen LogP contribution in [-0.4, -0.2) is 57.5 Å². The fourth-order valence-electron chi connectivity index (χ4n) is 2.32. The summed E-state index contributed by atoms with van der Waals surface area (Å²) in [4.78, 5) is 45.1. The smallest absolute Gasteiger partial charge is 0.411 e. The Bertz CT molecular complexity index is 657. The lowest BCUT2D eigenvalue weighted by Crippen LogP contribution is -2.44. The number of Topliss-reactive ketones (excluding diaryl/α,β-unsaturated/α-hetero) is 1. The third kappa shape index (κ3) is 5.38. The number of likely N-dealkylation sites (tertiary alicyclic amines) is 1. The molecule has 136 valence electrons. The number of aromatic nitrogens is 2. The largest absolute Gasteiger partial charge is 0.456 e. The molecule has 25 heavy (non-hydrogen) atoms. The van der Waals surface area contributed by atoms with Crippen molar-refractivity contribution in [2.75, 3.05) is 13.2 Å². The molecule has 8 nitrogen and oxygen atoms in total. The molecule has 1 amide bonds. The van der Waals surface area contributed by atoms with Crippen molar-refractivity contribution in [3.63, 3.8) is 0 Å². The van der Waals surface area contributed by atoms with Gasteiger partial charge >= 0.3 is 12.1 Å². The van der Waals surface area contributed by atoms with Crippen molar-refractivity contribution < 1.29 is 23.9 Å². The first-order valence-corrected chi connectivity index (χ1v) is 8.22. The van der Waals surface area contributed by atoms with Gasteiger partial charge in [0, 0.05) is 18.9 Å². The minimum Gasteiger partial charge on any atom is -0.456 e. The minimum atomic E-state index is -0.746. The van der Waals surface area contributed by atoms with E-state index in [-0.39, 0.29) is 10.8 Å². The van der Waals surface area contributed by atoms with Gasteiger partial charge < -0.3 is 9.47 Å². The Balaban J connectivity index is 1.92. The normalized spacial score (nSPS) is 17.3. The zero-order valence-electron chi connectivity index (χ0n) is 14.3. The number of carbonyl (C=O) groups is 3. The first kappa shape index (κ1) is 19.1. The molecule has 1 unspecified atom stereocenters. The van der Waals surface area contributed by atoms with E-state index in [9.17, 15) is 14.4 Å². The summed E-state index contributed by atoms with van der Waals surface area (Å²) in [6, 6.07) is -0.746.